The summed E-state index contributed by atoms with van der Waals surface area (Å²) >= 11 is 0. The van der Waals surface area contributed by atoms with E-state index in [1.165, 1.54) is 0 Å². The smallest absolute Gasteiger partial charge is 0.214 e. The zero-order valence-electron chi connectivity index (χ0n) is 11.0. The standard InChI is InChI=1S/C13H19N3O3/c1-18-9-4-2-5-10(8-9)19-12-7-3-6-11(15-12)13(14)16-17/h3,6-7,9-10,17H,2,4-5,8H2,1H3,(H2,14,16). The van der Waals surface area contributed by atoms with Crippen molar-refractivity contribution in [3.8, 4) is 5.88 Å². The third kappa shape index (κ3) is 3.57. The summed E-state index contributed by atoms with van der Waals surface area (Å²) in [5.41, 5.74) is 5.90. The van der Waals surface area contributed by atoms with Crippen molar-refractivity contribution in [1.82, 2.24) is 4.98 Å². The lowest BCUT2D eigenvalue weighted by atomic mass is 9.95. The molecule has 1 aromatic heterocycles. The van der Waals surface area contributed by atoms with Gasteiger partial charge in [-0.05, 0) is 25.3 Å². The normalized spacial score (nSPS) is 24.2. The van der Waals surface area contributed by atoms with Crippen LogP contribution in [0.3, 0.4) is 0 Å². The predicted octanol–water partition coefficient (Wildman–Crippen LogP) is 1.51. The predicted molar refractivity (Wildman–Crippen MR) is 70.4 cm³/mol. The molecule has 0 spiro atoms. The van der Waals surface area contributed by atoms with Gasteiger partial charge in [0.25, 0.3) is 0 Å². The molecule has 0 radical (unpaired) electrons. The van der Waals surface area contributed by atoms with Gasteiger partial charge in [-0.3, -0.25) is 0 Å². The Balaban J connectivity index is 2.02. The van der Waals surface area contributed by atoms with Crippen molar-refractivity contribution in [1.29, 1.82) is 0 Å². The van der Waals surface area contributed by atoms with Crippen LogP contribution in [0.25, 0.3) is 0 Å². The van der Waals surface area contributed by atoms with E-state index in [-0.39, 0.29) is 18.0 Å². The summed E-state index contributed by atoms with van der Waals surface area (Å²) < 4.78 is 11.2. The quantitative estimate of drug-likeness (QED) is 0.373. The highest BCUT2D eigenvalue weighted by Crippen LogP contribution is 2.24. The lowest BCUT2D eigenvalue weighted by molar-refractivity contribution is 0.0195. The second kappa shape index (κ2) is 6.38. The van der Waals surface area contributed by atoms with Gasteiger partial charge in [-0.1, -0.05) is 11.2 Å². The minimum Gasteiger partial charge on any atom is -0.474 e. The molecule has 1 heterocycles. The molecular formula is C13H19N3O3. The highest BCUT2D eigenvalue weighted by Gasteiger charge is 2.23. The van der Waals surface area contributed by atoms with Gasteiger partial charge >= 0.3 is 0 Å². The molecule has 0 aliphatic heterocycles. The molecule has 3 N–H and O–H groups in total. The first-order chi connectivity index (χ1) is 9.22. The summed E-state index contributed by atoms with van der Waals surface area (Å²) in [5.74, 6) is 0.467. The second-order valence-corrected chi connectivity index (χ2v) is 4.61. The van der Waals surface area contributed by atoms with E-state index in [9.17, 15) is 0 Å². The number of oxime groups is 1. The van der Waals surface area contributed by atoms with Crippen LogP contribution in [0.4, 0.5) is 0 Å². The van der Waals surface area contributed by atoms with E-state index >= 15 is 0 Å². The number of hydrogen-bond donors (Lipinski definition) is 2. The van der Waals surface area contributed by atoms with Gasteiger partial charge in [-0.15, -0.1) is 0 Å². The Labute approximate surface area is 112 Å². The van der Waals surface area contributed by atoms with Crippen molar-refractivity contribution in [2.45, 2.75) is 37.9 Å². The molecule has 2 rings (SSSR count). The van der Waals surface area contributed by atoms with E-state index in [1.54, 1.807) is 25.3 Å². The van der Waals surface area contributed by atoms with E-state index in [0.29, 0.717) is 11.6 Å². The van der Waals surface area contributed by atoms with Gasteiger partial charge in [0, 0.05) is 19.6 Å². The minimum absolute atomic E-state index is 0.0242. The number of methoxy groups -OCH3 is 1. The van der Waals surface area contributed by atoms with Gasteiger partial charge < -0.3 is 20.4 Å². The summed E-state index contributed by atoms with van der Waals surface area (Å²) in [6.45, 7) is 0. The Morgan fingerprint density at radius 2 is 2.21 bits per heavy atom. The molecule has 104 valence electrons. The first kappa shape index (κ1) is 13.6. The molecule has 2 unspecified atom stereocenters. The van der Waals surface area contributed by atoms with Crippen LogP contribution in [0.2, 0.25) is 0 Å². The molecule has 1 aliphatic carbocycles. The van der Waals surface area contributed by atoms with Crippen LogP contribution >= 0.6 is 0 Å². The van der Waals surface area contributed by atoms with Gasteiger partial charge in [0.2, 0.25) is 5.88 Å². The fourth-order valence-corrected chi connectivity index (χ4v) is 2.27. The lowest BCUT2D eigenvalue weighted by Crippen LogP contribution is -2.29. The van der Waals surface area contributed by atoms with E-state index in [1.807, 2.05) is 0 Å². The monoisotopic (exact) mass is 265 g/mol. The molecule has 6 heteroatoms. The average Bonchev–Trinajstić information content (AvgIpc) is 2.47. The van der Waals surface area contributed by atoms with Crippen molar-refractivity contribution in [3.05, 3.63) is 23.9 Å². The number of aromatic nitrogens is 1. The van der Waals surface area contributed by atoms with E-state index in [2.05, 4.69) is 10.1 Å². The van der Waals surface area contributed by atoms with Crippen LogP contribution in [-0.2, 0) is 4.74 Å². The van der Waals surface area contributed by atoms with Gasteiger partial charge in [0.15, 0.2) is 5.84 Å². The Bertz CT molecular complexity index is 451. The van der Waals surface area contributed by atoms with E-state index in [0.717, 1.165) is 25.7 Å². The van der Waals surface area contributed by atoms with Crippen LogP contribution in [0.1, 0.15) is 31.4 Å². The molecule has 1 aliphatic rings. The molecule has 0 amide bonds. The van der Waals surface area contributed by atoms with Crippen LogP contribution in [0, 0.1) is 0 Å². The maximum Gasteiger partial charge on any atom is 0.214 e. The molecule has 0 bridgehead atoms. The van der Waals surface area contributed by atoms with E-state index in [4.69, 9.17) is 20.4 Å². The Kier molecular flexibility index (Phi) is 4.57. The SMILES string of the molecule is COC1CCCC(Oc2cccc(C(N)=NO)n2)C1. The van der Waals surface area contributed by atoms with E-state index < -0.39 is 0 Å². The van der Waals surface area contributed by atoms with Crippen molar-refractivity contribution in [2.24, 2.45) is 10.9 Å². The Morgan fingerprint density at radius 3 is 2.95 bits per heavy atom. The maximum absolute atomic E-state index is 8.63. The molecule has 6 nitrogen and oxygen atoms in total. The van der Waals surface area contributed by atoms with Gasteiger partial charge in [0.05, 0.1) is 6.10 Å². The van der Waals surface area contributed by atoms with Crippen LogP contribution < -0.4 is 10.5 Å². The fourth-order valence-electron chi connectivity index (χ4n) is 2.27. The summed E-state index contributed by atoms with van der Waals surface area (Å²) in [7, 11) is 1.73. The number of rotatable bonds is 4. The first-order valence-electron chi connectivity index (χ1n) is 6.37. The van der Waals surface area contributed by atoms with Gasteiger partial charge in [0.1, 0.15) is 11.8 Å². The summed E-state index contributed by atoms with van der Waals surface area (Å²) in [5, 5.41) is 11.6. The van der Waals surface area contributed by atoms with Crippen LogP contribution in [0.5, 0.6) is 5.88 Å². The summed E-state index contributed by atoms with van der Waals surface area (Å²) in [6, 6.07) is 5.21. The number of nitrogens with zero attached hydrogens (tertiary/aromatic N) is 2. The zero-order valence-corrected chi connectivity index (χ0v) is 11.0. The highest BCUT2D eigenvalue weighted by molar-refractivity contribution is 5.95. The highest BCUT2D eigenvalue weighted by atomic mass is 16.5. The second-order valence-electron chi connectivity index (χ2n) is 4.61. The lowest BCUT2D eigenvalue weighted by Gasteiger charge is -2.28. The maximum atomic E-state index is 8.63. The fraction of sp³-hybridized carbons (Fsp3) is 0.538. The number of nitrogens with two attached hydrogens (primary N) is 1. The van der Waals surface area contributed by atoms with Crippen molar-refractivity contribution in [3.63, 3.8) is 0 Å². The Morgan fingerprint density at radius 1 is 1.42 bits per heavy atom. The first-order valence-corrected chi connectivity index (χ1v) is 6.37. The third-order valence-corrected chi connectivity index (χ3v) is 3.29. The minimum atomic E-state index is -0.0242. The largest absolute Gasteiger partial charge is 0.474 e. The molecular weight excluding hydrogens is 246 g/mol. The summed E-state index contributed by atoms with van der Waals surface area (Å²) in [6.07, 6.45) is 4.39. The number of pyridine rings is 1. The van der Waals surface area contributed by atoms with Crippen molar-refractivity contribution in [2.75, 3.05) is 7.11 Å². The Hall–Kier alpha value is -1.82. The topological polar surface area (TPSA) is 90.0 Å². The molecule has 1 fully saturated rings. The molecule has 19 heavy (non-hydrogen) atoms. The number of hydrogen-bond acceptors (Lipinski definition) is 5. The van der Waals surface area contributed by atoms with Gasteiger partial charge in [-0.25, -0.2) is 4.98 Å². The molecule has 1 aromatic rings. The van der Waals surface area contributed by atoms with Crippen LogP contribution in [0.15, 0.2) is 23.4 Å². The third-order valence-electron chi connectivity index (χ3n) is 3.29. The average molecular weight is 265 g/mol. The zero-order chi connectivity index (χ0) is 13.7. The van der Waals surface area contributed by atoms with Gasteiger partial charge in [-0.2, -0.15) is 0 Å². The summed E-state index contributed by atoms with van der Waals surface area (Å²) in [4.78, 5) is 4.21. The number of amidine groups is 1. The number of ether oxygens (including phenoxy) is 2. The van der Waals surface area contributed by atoms with Crippen LogP contribution in [-0.4, -0.2) is 35.3 Å². The molecule has 0 saturated heterocycles. The van der Waals surface area contributed by atoms with Crippen molar-refractivity contribution < 1.29 is 14.7 Å². The molecule has 2 atom stereocenters. The molecule has 1 saturated carbocycles. The molecule has 0 aromatic carbocycles. The van der Waals surface area contributed by atoms with Crippen molar-refractivity contribution >= 4 is 5.84 Å².